The van der Waals surface area contributed by atoms with Gasteiger partial charge in [-0.2, -0.15) is 10.5 Å². The molecule has 0 saturated heterocycles. The molecule has 0 aromatic heterocycles. The fraction of sp³-hybridized carbons (Fsp3) is 0.556. The minimum Gasteiger partial charge on any atom is -0.192 e. The Morgan fingerprint density at radius 1 is 0.958 bits per heavy atom. The van der Waals surface area contributed by atoms with Crippen LogP contribution in [-0.4, -0.2) is 9.79 Å². The molecule has 0 aliphatic rings. The van der Waals surface area contributed by atoms with Crippen LogP contribution in [0.25, 0.3) is 0 Å². The van der Waals surface area contributed by atoms with Gasteiger partial charge in [0.15, 0.2) is 0 Å². The van der Waals surface area contributed by atoms with E-state index in [0.29, 0.717) is 5.92 Å². The molecule has 1 aromatic rings. The van der Waals surface area contributed by atoms with Gasteiger partial charge in [-0.05, 0) is 60.8 Å². The van der Waals surface area contributed by atoms with Gasteiger partial charge in [-0.15, -0.1) is 9.79 Å². The van der Waals surface area contributed by atoms with Gasteiger partial charge in [0.2, 0.25) is 0 Å². The Bertz CT molecular complexity index is 665. The maximum atomic E-state index is 9.65. The van der Waals surface area contributed by atoms with E-state index >= 15 is 0 Å². The summed E-state index contributed by atoms with van der Waals surface area (Å²) in [5.41, 5.74) is 5.91. The lowest BCUT2D eigenvalue weighted by Gasteiger charge is -2.23. The van der Waals surface area contributed by atoms with E-state index in [1.807, 2.05) is 6.92 Å². The highest BCUT2D eigenvalue weighted by Gasteiger charge is 2.23. The van der Waals surface area contributed by atoms with Gasteiger partial charge in [-0.25, -0.2) is 0 Å². The SMILES string of the molecule is CCc1c(C)c(C#N)c(CC)c(C(CC)CC)c1C#N.O=[P+](O)O. The molecule has 2 N–H and O–H groups in total. The topological polar surface area (TPSA) is 105 Å². The molecule has 1 rings (SSSR count). The first kappa shape index (κ1) is 22.2. The largest absolute Gasteiger partial charge is 0.692 e. The average molecular weight is 349 g/mol. The summed E-state index contributed by atoms with van der Waals surface area (Å²) in [5, 5.41) is 19.2. The third-order valence-corrected chi connectivity index (χ3v) is 4.35. The Hall–Kier alpha value is -1.78. The molecule has 24 heavy (non-hydrogen) atoms. The second-order valence-electron chi connectivity index (χ2n) is 5.44. The third kappa shape index (κ3) is 5.11. The molecule has 0 aliphatic carbocycles. The summed E-state index contributed by atoms with van der Waals surface area (Å²) >= 11 is 0. The van der Waals surface area contributed by atoms with Crippen molar-refractivity contribution >= 4 is 8.25 Å². The molecule has 0 heterocycles. The predicted octanol–water partition coefficient (Wildman–Crippen LogP) is 4.40. The van der Waals surface area contributed by atoms with Crippen molar-refractivity contribution in [3.63, 3.8) is 0 Å². The first-order valence-corrected chi connectivity index (χ1v) is 9.34. The summed E-state index contributed by atoms with van der Waals surface area (Å²) in [7, 11) is -2.87. The molecular weight excluding hydrogens is 323 g/mol. The maximum Gasteiger partial charge on any atom is 0.692 e. The number of nitrogens with zero attached hydrogens (tertiary/aromatic N) is 2. The van der Waals surface area contributed by atoms with Gasteiger partial charge in [0, 0.05) is 4.57 Å². The zero-order chi connectivity index (χ0) is 18.9. The molecule has 0 spiro atoms. The maximum absolute atomic E-state index is 9.65. The second kappa shape index (κ2) is 10.9. The van der Waals surface area contributed by atoms with E-state index in [4.69, 9.17) is 14.4 Å². The van der Waals surface area contributed by atoms with Crippen molar-refractivity contribution in [3.05, 3.63) is 33.4 Å². The van der Waals surface area contributed by atoms with E-state index in [1.54, 1.807) is 0 Å². The molecule has 5 nitrogen and oxygen atoms in total. The number of nitriles is 2. The van der Waals surface area contributed by atoms with Crippen LogP contribution < -0.4 is 0 Å². The molecule has 1 aromatic carbocycles. The van der Waals surface area contributed by atoms with Crippen LogP contribution in [0.4, 0.5) is 0 Å². The van der Waals surface area contributed by atoms with Crippen molar-refractivity contribution in [3.8, 4) is 12.1 Å². The summed E-state index contributed by atoms with van der Waals surface area (Å²) in [4.78, 5) is 14.2. The van der Waals surface area contributed by atoms with Crippen LogP contribution in [0.2, 0.25) is 0 Å². The van der Waals surface area contributed by atoms with Gasteiger partial charge in [0.1, 0.15) is 0 Å². The van der Waals surface area contributed by atoms with Gasteiger partial charge in [0.05, 0.1) is 23.3 Å². The first-order valence-electron chi connectivity index (χ1n) is 8.17. The van der Waals surface area contributed by atoms with E-state index in [9.17, 15) is 10.5 Å². The molecule has 0 radical (unpaired) electrons. The molecule has 0 fully saturated rings. The standard InChI is InChI=1S/C18H24N2.HO3P/c1-6-13(7-2)18-15(9-4)16(10-19)12(5)14(8-3)17(18)11-20;1-4(2)3/h13H,6-9H2,1-5H3;(H-,1,2,3)/p+1. The smallest absolute Gasteiger partial charge is 0.192 e. The predicted molar refractivity (Wildman–Crippen MR) is 94.7 cm³/mol. The second-order valence-corrected chi connectivity index (χ2v) is 5.95. The quantitative estimate of drug-likeness (QED) is 0.767. The normalized spacial score (nSPS) is 9.75. The summed E-state index contributed by atoms with van der Waals surface area (Å²) in [6, 6.07) is 4.80. The Morgan fingerprint density at radius 3 is 1.67 bits per heavy atom. The number of rotatable bonds is 5. The third-order valence-electron chi connectivity index (χ3n) is 4.35. The molecular formula is C18H26N2O3P+. The monoisotopic (exact) mass is 349 g/mol. The fourth-order valence-electron chi connectivity index (χ4n) is 3.25. The van der Waals surface area contributed by atoms with Crippen LogP contribution in [0.5, 0.6) is 0 Å². The fourth-order valence-corrected chi connectivity index (χ4v) is 3.25. The van der Waals surface area contributed by atoms with Crippen LogP contribution >= 0.6 is 8.25 Å². The van der Waals surface area contributed by atoms with Gasteiger partial charge in [-0.1, -0.05) is 27.7 Å². The van der Waals surface area contributed by atoms with Crippen molar-refractivity contribution in [2.75, 3.05) is 0 Å². The van der Waals surface area contributed by atoms with Crippen molar-refractivity contribution in [2.45, 2.75) is 66.2 Å². The molecule has 0 amide bonds. The molecule has 0 aliphatic heterocycles. The van der Waals surface area contributed by atoms with E-state index in [1.165, 1.54) is 0 Å². The summed E-state index contributed by atoms with van der Waals surface area (Å²) in [6.45, 7) is 10.4. The minimum absolute atomic E-state index is 0.373. The Kier molecular flexibility index (Phi) is 10.1. The highest BCUT2D eigenvalue weighted by molar-refractivity contribution is 7.30. The molecule has 0 unspecified atom stereocenters. The van der Waals surface area contributed by atoms with Gasteiger partial charge < -0.3 is 0 Å². The molecule has 0 saturated carbocycles. The Morgan fingerprint density at radius 2 is 1.38 bits per heavy atom. The Balaban J connectivity index is 0.00000118. The Labute approximate surface area is 145 Å². The lowest BCUT2D eigenvalue weighted by Crippen LogP contribution is -2.11. The van der Waals surface area contributed by atoms with Crippen molar-refractivity contribution in [1.82, 2.24) is 0 Å². The minimum atomic E-state index is -2.87. The summed E-state index contributed by atoms with van der Waals surface area (Å²) in [6.07, 6.45) is 3.64. The lowest BCUT2D eigenvalue weighted by atomic mass is 9.79. The van der Waals surface area contributed by atoms with Crippen molar-refractivity contribution in [2.24, 2.45) is 0 Å². The zero-order valence-electron chi connectivity index (χ0n) is 15.1. The zero-order valence-corrected chi connectivity index (χ0v) is 15.9. The van der Waals surface area contributed by atoms with Gasteiger partial charge in [0.25, 0.3) is 0 Å². The van der Waals surface area contributed by atoms with Crippen molar-refractivity contribution in [1.29, 1.82) is 10.5 Å². The van der Waals surface area contributed by atoms with E-state index in [2.05, 4.69) is 39.8 Å². The van der Waals surface area contributed by atoms with Crippen LogP contribution in [0, 0.1) is 29.6 Å². The molecule has 0 atom stereocenters. The van der Waals surface area contributed by atoms with Crippen LogP contribution in [0.1, 0.15) is 79.8 Å². The number of hydrogen-bond donors (Lipinski definition) is 2. The van der Waals surface area contributed by atoms with E-state index in [0.717, 1.165) is 59.1 Å². The summed E-state index contributed by atoms with van der Waals surface area (Å²) in [5.74, 6) is 0.373. The molecule has 6 heteroatoms. The number of benzene rings is 1. The van der Waals surface area contributed by atoms with Gasteiger partial charge >= 0.3 is 8.25 Å². The highest BCUT2D eigenvalue weighted by Crippen LogP contribution is 2.36. The average Bonchev–Trinajstić information content (AvgIpc) is 2.55. The summed E-state index contributed by atoms with van der Waals surface area (Å²) < 4.78 is 8.70. The highest BCUT2D eigenvalue weighted by atomic mass is 31.1. The first-order chi connectivity index (χ1) is 11.3. The lowest BCUT2D eigenvalue weighted by molar-refractivity contribution is 0.405. The molecule has 0 bridgehead atoms. The van der Waals surface area contributed by atoms with Crippen molar-refractivity contribution < 1.29 is 14.4 Å². The molecule has 130 valence electrons. The van der Waals surface area contributed by atoms with Gasteiger partial charge in [-0.3, -0.25) is 0 Å². The number of hydrogen-bond acceptors (Lipinski definition) is 3. The van der Waals surface area contributed by atoms with Crippen LogP contribution in [-0.2, 0) is 17.4 Å². The van der Waals surface area contributed by atoms with Crippen LogP contribution in [0.15, 0.2) is 0 Å². The van der Waals surface area contributed by atoms with E-state index < -0.39 is 8.25 Å². The van der Waals surface area contributed by atoms with E-state index in [-0.39, 0.29) is 0 Å². The van der Waals surface area contributed by atoms with Crippen LogP contribution in [0.3, 0.4) is 0 Å².